The van der Waals surface area contributed by atoms with Crippen molar-refractivity contribution in [2.45, 2.75) is 13.3 Å². The Labute approximate surface area is 84.3 Å². The highest BCUT2D eigenvalue weighted by atomic mass is 19.4. The number of benzene rings is 1. The largest absolute Gasteiger partial charge is 0.573 e. The summed E-state index contributed by atoms with van der Waals surface area (Å²) >= 11 is 0. The molecule has 0 fully saturated rings. The van der Waals surface area contributed by atoms with Crippen LogP contribution in [0.5, 0.6) is 5.75 Å². The number of rotatable bonds is 2. The Bertz CT molecular complexity index is 357. The standard InChI is InChI=1S/C9H9F3N2O/c1-6(14-13)7-2-4-8(5-3-7)15-9(10,11)12/h2-5H,13H2,1H3. The first-order valence-electron chi connectivity index (χ1n) is 4.03. The third-order valence-electron chi connectivity index (χ3n) is 1.70. The van der Waals surface area contributed by atoms with Gasteiger partial charge in [0.1, 0.15) is 5.75 Å². The van der Waals surface area contributed by atoms with Gasteiger partial charge in [-0.1, -0.05) is 0 Å². The monoisotopic (exact) mass is 218 g/mol. The SMILES string of the molecule is CC(=NN)c1ccc(OC(F)(F)F)cc1. The molecule has 0 saturated carbocycles. The van der Waals surface area contributed by atoms with Crippen molar-refractivity contribution in [3.8, 4) is 5.75 Å². The van der Waals surface area contributed by atoms with E-state index in [9.17, 15) is 13.2 Å². The van der Waals surface area contributed by atoms with Crippen LogP contribution in [0.15, 0.2) is 29.4 Å². The third kappa shape index (κ3) is 3.49. The van der Waals surface area contributed by atoms with Crippen LogP contribution >= 0.6 is 0 Å². The van der Waals surface area contributed by atoms with E-state index in [2.05, 4.69) is 9.84 Å². The fraction of sp³-hybridized carbons (Fsp3) is 0.222. The Morgan fingerprint density at radius 3 is 2.20 bits per heavy atom. The molecule has 0 spiro atoms. The van der Waals surface area contributed by atoms with Crippen LogP contribution in [-0.4, -0.2) is 12.1 Å². The molecule has 0 heterocycles. The molecule has 1 rings (SSSR count). The summed E-state index contributed by atoms with van der Waals surface area (Å²) in [6.45, 7) is 1.65. The van der Waals surface area contributed by atoms with E-state index in [1.54, 1.807) is 6.92 Å². The Hall–Kier alpha value is -1.72. The number of halogens is 3. The van der Waals surface area contributed by atoms with Crippen LogP contribution in [0.25, 0.3) is 0 Å². The van der Waals surface area contributed by atoms with Crippen LogP contribution < -0.4 is 10.6 Å². The molecule has 15 heavy (non-hydrogen) atoms. The summed E-state index contributed by atoms with van der Waals surface area (Å²) in [7, 11) is 0. The molecule has 0 aliphatic rings. The molecule has 0 bridgehead atoms. The van der Waals surface area contributed by atoms with Crippen molar-refractivity contribution in [2.24, 2.45) is 10.9 Å². The number of ether oxygens (including phenoxy) is 1. The molecule has 0 radical (unpaired) electrons. The van der Waals surface area contributed by atoms with E-state index in [1.807, 2.05) is 0 Å². The third-order valence-corrected chi connectivity index (χ3v) is 1.70. The van der Waals surface area contributed by atoms with Gasteiger partial charge in [-0.05, 0) is 36.8 Å². The second-order valence-corrected chi connectivity index (χ2v) is 2.79. The Kier molecular flexibility index (Phi) is 3.18. The lowest BCUT2D eigenvalue weighted by Crippen LogP contribution is -2.17. The lowest BCUT2D eigenvalue weighted by molar-refractivity contribution is -0.274. The average Bonchev–Trinajstić information content (AvgIpc) is 2.15. The maximum atomic E-state index is 11.8. The summed E-state index contributed by atoms with van der Waals surface area (Å²) in [5.74, 6) is 4.75. The molecule has 0 atom stereocenters. The fourth-order valence-corrected chi connectivity index (χ4v) is 0.972. The molecule has 0 aromatic heterocycles. The summed E-state index contributed by atoms with van der Waals surface area (Å²) in [4.78, 5) is 0. The lowest BCUT2D eigenvalue weighted by atomic mass is 10.1. The molecule has 0 unspecified atom stereocenters. The van der Waals surface area contributed by atoms with Gasteiger partial charge >= 0.3 is 6.36 Å². The van der Waals surface area contributed by atoms with Gasteiger partial charge in [0.2, 0.25) is 0 Å². The Morgan fingerprint density at radius 1 is 1.27 bits per heavy atom. The van der Waals surface area contributed by atoms with Gasteiger partial charge < -0.3 is 10.6 Å². The molecule has 0 aliphatic carbocycles. The molecule has 2 N–H and O–H groups in total. The first-order valence-corrected chi connectivity index (χ1v) is 4.03. The molecule has 0 saturated heterocycles. The number of alkyl halides is 3. The predicted molar refractivity (Wildman–Crippen MR) is 49.5 cm³/mol. The highest BCUT2D eigenvalue weighted by Crippen LogP contribution is 2.22. The molecule has 0 aliphatic heterocycles. The lowest BCUT2D eigenvalue weighted by Gasteiger charge is -2.08. The van der Waals surface area contributed by atoms with Gasteiger partial charge in [0.25, 0.3) is 0 Å². The second-order valence-electron chi connectivity index (χ2n) is 2.79. The summed E-state index contributed by atoms with van der Waals surface area (Å²) < 4.78 is 39.1. The van der Waals surface area contributed by atoms with E-state index >= 15 is 0 Å². The van der Waals surface area contributed by atoms with E-state index in [1.165, 1.54) is 24.3 Å². The normalized spacial score (nSPS) is 12.7. The molecular formula is C9H9F3N2O. The minimum absolute atomic E-state index is 0.268. The van der Waals surface area contributed by atoms with Crippen molar-refractivity contribution in [1.82, 2.24) is 0 Å². The predicted octanol–water partition coefficient (Wildman–Crippen LogP) is 2.27. The number of hydrogen-bond donors (Lipinski definition) is 1. The van der Waals surface area contributed by atoms with Gasteiger partial charge in [0.05, 0.1) is 5.71 Å². The van der Waals surface area contributed by atoms with Crippen molar-refractivity contribution in [2.75, 3.05) is 0 Å². The van der Waals surface area contributed by atoms with Crippen LogP contribution in [0, 0.1) is 0 Å². The van der Waals surface area contributed by atoms with E-state index < -0.39 is 6.36 Å². The minimum Gasteiger partial charge on any atom is -0.406 e. The van der Waals surface area contributed by atoms with Crippen LogP contribution in [0.3, 0.4) is 0 Å². The Morgan fingerprint density at radius 2 is 1.80 bits per heavy atom. The zero-order chi connectivity index (χ0) is 11.5. The molecular weight excluding hydrogens is 209 g/mol. The second kappa shape index (κ2) is 4.20. The smallest absolute Gasteiger partial charge is 0.406 e. The minimum atomic E-state index is -4.67. The zero-order valence-corrected chi connectivity index (χ0v) is 7.88. The molecule has 1 aromatic rings. The van der Waals surface area contributed by atoms with E-state index in [0.717, 1.165) is 0 Å². The number of hydrogen-bond acceptors (Lipinski definition) is 3. The van der Waals surface area contributed by atoms with Crippen molar-refractivity contribution < 1.29 is 17.9 Å². The summed E-state index contributed by atoms with van der Waals surface area (Å²) in [5, 5.41) is 3.42. The maximum Gasteiger partial charge on any atom is 0.573 e. The average molecular weight is 218 g/mol. The van der Waals surface area contributed by atoms with Crippen LogP contribution in [0.2, 0.25) is 0 Å². The van der Waals surface area contributed by atoms with Gasteiger partial charge in [-0.15, -0.1) is 13.2 Å². The van der Waals surface area contributed by atoms with Crippen LogP contribution in [0.4, 0.5) is 13.2 Å². The number of nitrogens with two attached hydrogens (primary N) is 1. The number of nitrogens with zero attached hydrogens (tertiary/aromatic N) is 1. The molecule has 6 heteroatoms. The highest BCUT2D eigenvalue weighted by molar-refractivity contribution is 5.98. The number of hydrazone groups is 1. The maximum absolute atomic E-state index is 11.8. The summed E-state index contributed by atoms with van der Waals surface area (Å²) in [6, 6.07) is 5.31. The first-order chi connectivity index (χ1) is 6.92. The van der Waals surface area contributed by atoms with E-state index in [0.29, 0.717) is 11.3 Å². The van der Waals surface area contributed by atoms with Gasteiger partial charge in [0, 0.05) is 0 Å². The van der Waals surface area contributed by atoms with E-state index in [4.69, 9.17) is 5.84 Å². The molecule has 82 valence electrons. The summed E-state index contributed by atoms with van der Waals surface area (Å²) in [6.07, 6.45) is -4.67. The summed E-state index contributed by atoms with van der Waals surface area (Å²) in [5.41, 5.74) is 1.18. The van der Waals surface area contributed by atoms with Crippen LogP contribution in [0.1, 0.15) is 12.5 Å². The van der Waals surface area contributed by atoms with Crippen molar-refractivity contribution >= 4 is 5.71 Å². The first kappa shape index (κ1) is 11.4. The van der Waals surface area contributed by atoms with Crippen molar-refractivity contribution in [1.29, 1.82) is 0 Å². The van der Waals surface area contributed by atoms with Crippen molar-refractivity contribution in [3.05, 3.63) is 29.8 Å². The fourth-order valence-electron chi connectivity index (χ4n) is 0.972. The zero-order valence-electron chi connectivity index (χ0n) is 7.88. The van der Waals surface area contributed by atoms with Gasteiger partial charge in [-0.2, -0.15) is 5.10 Å². The van der Waals surface area contributed by atoms with Crippen LogP contribution in [-0.2, 0) is 0 Å². The van der Waals surface area contributed by atoms with E-state index in [-0.39, 0.29) is 5.75 Å². The van der Waals surface area contributed by atoms with Gasteiger partial charge in [-0.3, -0.25) is 0 Å². The van der Waals surface area contributed by atoms with Gasteiger partial charge in [-0.25, -0.2) is 0 Å². The topological polar surface area (TPSA) is 47.6 Å². The molecule has 1 aromatic carbocycles. The molecule has 0 amide bonds. The molecule has 3 nitrogen and oxygen atoms in total. The van der Waals surface area contributed by atoms with Crippen molar-refractivity contribution in [3.63, 3.8) is 0 Å². The quantitative estimate of drug-likeness (QED) is 0.470. The highest BCUT2D eigenvalue weighted by Gasteiger charge is 2.30. The van der Waals surface area contributed by atoms with Gasteiger partial charge in [0.15, 0.2) is 0 Å². The Balaban J connectivity index is 2.82.